The van der Waals surface area contributed by atoms with E-state index in [9.17, 15) is 13.2 Å². The lowest BCUT2D eigenvalue weighted by Gasteiger charge is -2.27. The van der Waals surface area contributed by atoms with E-state index >= 15 is 0 Å². The highest BCUT2D eigenvalue weighted by Gasteiger charge is 2.28. The summed E-state index contributed by atoms with van der Waals surface area (Å²) in [5, 5.41) is 4.12. The molecular formula is C25H31N5O4S. The molecule has 0 aliphatic carbocycles. The summed E-state index contributed by atoms with van der Waals surface area (Å²) in [5.74, 6) is 0.0213. The molecule has 0 N–H and O–H groups in total. The van der Waals surface area contributed by atoms with Crippen molar-refractivity contribution in [2.75, 3.05) is 27.2 Å². The van der Waals surface area contributed by atoms with Crippen molar-refractivity contribution in [2.45, 2.75) is 43.5 Å². The third-order valence-electron chi connectivity index (χ3n) is 6.56. The molecule has 1 fully saturated rings. The number of sulfonamides is 1. The Hall–Kier alpha value is -3.24. The van der Waals surface area contributed by atoms with Gasteiger partial charge in [-0.3, -0.25) is 4.79 Å². The SMILES string of the molecule is COc1ccc(S(=O)(=O)N2CCCCCC2)cc1C(=O)N(C)C(C)c1ccc(-n2cncn2)cc1. The first-order valence-corrected chi connectivity index (χ1v) is 13.2. The van der Waals surface area contributed by atoms with E-state index in [0.717, 1.165) is 36.9 Å². The monoisotopic (exact) mass is 497 g/mol. The number of hydrogen-bond acceptors (Lipinski definition) is 6. The van der Waals surface area contributed by atoms with Crippen LogP contribution in [-0.2, 0) is 10.0 Å². The van der Waals surface area contributed by atoms with Gasteiger partial charge in [-0.15, -0.1) is 0 Å². The highest BCUT2D eigenvalue weighted by Crippen LogP contribution is 2.29. The molecular weight excluding hydrogens is 466 g/mol. The van der Waals surface area contributed by atoms with Crippen molar-refractivity contribution in [3.05, 3.63) is 66.2 Å². The molecule has 2 aromatic carbocycles. The standard InChI is InChI=1S/C25H31N5O4S/c1-19(20-8-10-21(11-9-20)30-18-26-17-27-30)28(2)25(31)23-16-22(12-13-24(23)34-3)35(32,33)29-14-6-4-5-7-15-29/h8-13,16-19H,4-7,14-15H2,1-3H3. The summed E-state index contributed by atoms with van der Waals surface area (Å²) in [6.07, 6.45) is 6.83. The average Bonchev–Trinajstić information content (AvgIpc) is 3.28. The molecule has 1 atom stereocenters. The van der Waals surface area contributed by atoms with Crippen molar-refractivity contribution < 1.29 is 17.9 Å². The fraction of sp³-hybridized carbons (Fsp3) is 0.400. The van der Waals surface area contributed by atoms with Gasteiger partial charge in [-0.25, -0.2) is 18.1 Å². The zero-order valence-corrected chi connectivity index (χ0v) is 21.1. The van der Waals surface area contributed by atoms with Gasteiger partial charge < -0.3 is 9.64 Å². The maximum absolute atomic E-state index is 13.5. The predicted octanol–water partition coefficient (Wildman–Crippen LogP) is 3.67. The molecule has 1 unspecified atom stereocenters. The molecule has 3 aromatic rings. The van der Waals surface area contributed by atoms with E-state index in [4.69, 9.17) is 4.74 Å². The second-order valence-electron chi connectivity index (χ2n) is 8.70. The van der Waals surface area contributed by atoms with Crippen LogP contribution in [0.15, 0.2) is 60.0 Å². The number of carbonyl (C=O) groups excluding carboxylic acids is 1. The Morgan fingerprint density at radius 3 is 2.34 bits per heavy atom. The van der Waals surface area contributed by atoms with Crippen molar-refractivity contribution in [2.24, 2.45) is 0 Å². The number of carbonyl (C=O) groups is 1. The van der Waals surface area contributed by atoms with Crippen molar-refractivity contribution in [3.8, 4) is 11.4 Å². The molecule has 9 nitrogen and oxygen atoms in total. The molecule has 1 aliphatic rings. The Labute approximate surface area is 206 Å². The van der Waals surface area contributed by atoms with Crippen LogP contribution < -0.4 is 4.74 Å². The molecule has 0 radical (unpaired) electrons. The van der Waals surface area contributed by atoms with Crippen LogP contribution in [0.5, 0.6) is 5.75 Å². The number of ether oxygens (including phenoxy) is 1. The van der Waals surface area contributed by atoms with Gasteiger partial charge in [-0.05, 0) is 55.7 Å². The van der Waals surface area contributed by atoms with Gasteiger partial charge >= 0.3 is 0 Å². The summed E-state index contributed by atoms with van der Waals surface area (Å²) >= 11 is 0. The number of hydrogen-bond donors (Lipinski definition) is 0. The lowest BCUT2D eigenvalue weighted by Crippen LogP contribution is -2.33. The number of aromatic nitrogens is 3. The van der Waals surface area contributed by atoms with E-state index in [2.05, 4.69) is 10.1 Å². The minimum Gasteiger partial charge on any atom is -0.496 e. The first-order valence-electron chi connectivity index (χ1n) is 11.7. The summed E-state index contributed by atoms with van der Waals surface area (Å²) in [7, 11) is -0.521. The first-order chi connectivity index (χ1) is 16.8. The van der Waals surface area contributed by atoms with E-state index in [-0.39, 0.29) is 22.4 Å². The quantitative estimate of drug-likeness (QED) is 0.494. The van der Waals surface area contributed by atoms with Crippen molar-refractivity contribution in [1.82, 2.24) is 24.0 Å². The second kappa shape index (κ2) is 10.6. The fourth-order valence-electron chi connectivity index (χ4n) is 4.28. The van der Waals surface area contributed by atoms with Gasteiger partial charge in [0, 0.05) is 20.1 Å². The smallest absolute Gasteiger partial charge is 0.257 e. The number of rotatable bonds is 7. The molecule has 4 rings (SSSR count). The van der Waals surface area contributed by atoms with Crippen LogP contribution in [-0.4, -0.2) is 65.5 Å². The minimum absolute atomic E-state index is 0.113. The molecule has 0 bridgehead atoms. The summed E-state index contributed by atoms with van der Waals surface area (Å²) in [6, 6.07) is 11.9. The molecule has 186 valence electrons. The predicted molar refractivity (Wildman–Crippen MR) is 132 cm³/mol. The highest BCUT2D eigenvalue weighted by atomic mass is 32.2. The average molecular weight is 498 g/mol. The lowest BCUT2D eigenvalue weighted by atomic mass is 10.1. The summed E-state index contributed by atoms with van der Waals surface area (Å²) in [4.78, 5) is 19.2. The van der Waals surface area contributed by atoms with E-state index < -0.39 is 10.0 Å². The maximum atomic E-state index is 13.5. The number of amides is 1. The van der Waals surface area contributed by atoms with Gasteiger partial charge in [0.15, 0.2) is 0 Å². The van der Waals surface area contributed by atoms with Crippen LogP contribution in [0.2, 0.25) is 0 Å². The molecule has 10 heteroatoms. The van der Waals surface area contributed by atoms with Gasteiger partial charge in [0.1, 0.15) is 18.4 Å². The van der Waals surface area contributed by atoms with Crippen molar-refractivity contribution >= 4 is 15.9 Å². The van der Waals surface area contributed by atoms with Crippen LogP contribution in [0.4, 0.5) is 0 Å². The fourth-order valence-corrected chi connectivity index (χ4v) is 5.83. The molecule has 35 heavy (non-hydrogen) atoms. The molecule has 2 heterocycles. The third-order valence-corrected chi connectivity index (χ3v) is 8.46. The number of methoxy groups -OCH3 is 1. The minimum atomic E-state index is -3.70. The Balaban J connectivity index is 1.59. The zero-order chi connectivity index (χ0) is 25.0. The lowest BCUT2D eigenvalue weighted by molar-refractivity contribution is 0.0739. The molecule has 1 saturated heterocycles. The van der Waals surface area contributed by atoms with Gasteiger partial charge in [-0.1, -0.05) is 25.0 Å². The van der Waals surface area contributed by atoms with Crippen LogP contribution in [0, 0.1) is 0 Å². The maximum Gasteiger partial charge on any atom is 0.257 e. The topological polar surface area (TPSA) is 97.6 Å². The van der Waals surface area contributed by atoms with Gasteiger partial charge in [0.05, 0.1) is 29.3 Å². The van der Waals surface area contributed by atoms with E-state index in [1.165, 1.54) is 29.9 Å². The van der Waals surface area contributed by atoms with Crippen LogP contribution in [0.3, 0.4) is 0 Å². The normalized spacial score (nSPS) is 15.9. The molecule has 0 spiro atoms. The Bertz CT molecular complexity index is 1250. The van der Waals surface area contributed by atoms with Gasteiger partial charge in [0.25, 0.3) is 5.91 Å². The molecule has 1 amide bonds. The third kappa shape index (κ3) is 5.23. The van der Waals surface area contributed by atoms with Crippen LogP contribution in [0.25, 0.3) is 5.69 Å². The van der Waals surface area contributed by atoms with Crippen molar-refractivity contribution in [3.63, 3.8) is 0 Å². The number of nitrogens with zero attached hydrogens (tertiary/aromatic N) is 5. The Kier molecular flexibility index (Phi) is 7.51. The summed E-state index contributed by atoms with van der Waals surface area (Å²) < 4.78 is 35.2. The van der Waals surface area contributed by atoms with Crippen LogP contribution >= 0.6 is 0 Å². The zero-order valence-electron chi connectivity index (χ0n) is 20.3. The first kappa shape index (κ1) is 24.9. The van der Waals surface area contributed by atoms with E-state index in [1.807, 2.05) is 31.2 Å². The van der Waals surface area contributed by atoms with Gasteiger partial charge in [-0.2, -0.15) is 9.40 Å². The van der Waals surface area contributed by atoms with Gasteiger partial charge in [0.2, 0.25) is 10.0 Å². The van der Waals surface area contributed by atoms with E-state index in [1.54, 1.807) is 29.0 Å². The summed E-state index contributed by atoms with van der Waals surface area (Å²) in [6.45, 7) is 2.92. The Morgan fingerprint density at radius 1 is 1.06 bits per heavy atom. The highest BCUT2D eigenvalue weighted by molar-refractivity contribution is 7.89. The molecule has 1 aliphatic heterocycles. The largest absolute Gasteiger partial charge is 0.496 e. The van der Waals surface area contributed by atoms with Crippen molar-refractivity contribution in [1.29, 1.82) is 0 Å². The summed E-state index contributed by atoms with van der Waals surface area (Å²) in [5.41, 5.74) is 2.01. The Morgan fingerprint density at radius 2 is 1.74 bits per heavy atom. The molecule has 1 aromatic heterocycles. The second-order valence-corrected chi connectivity index (χ2v) is 10.6. The van der Waals surface area contributed by atoms with Crippen LogP contribution in [0.1, 0.15) is 54.6 Å². The molecule has 0 saturated carbocycles. The van der Waals surface area contributed by atoms with E-state index in [0.29, 0.717) is 18.8 Å². The number of benzene rings is 2.